The predicted molar refractivity (Wildman–Crippen MR) is 89.8 cm³/mol. The first-order chi connectivity index (χ1) is 11.1. The largest absolute Gasteiger partial charge is 0.275 e. The summed E-state index contributed by atoms with van der Waals surface area (Å²) in [6.07, 6.45) is 3.19. The SMILES string of the molecule is CC(=O)N1C(=O)CCC1c1ccc(CCc2ccccc2)cc1. The minimum Gasteiger partial charge on any atom is -0.275 e. The molecule has 1 atom stereocenters. The second-order valence-corrected chi connectivity index (χ2v) is 6.06. The second kappa shape index (κ2) is 6.78. The Bertz CT molecular complexity index is 691. The second-order valence-electron chi connectivity index (χ2n) is 6.06. The Morgan fingerprint density at radius 2 is 1.61 bits per heavy atom. The fraction of sp³-hybridized carbons (Fsp3) is 0.300. The summed E-state index contributed by atoms with van der Waals surface area (Å²) in [7, 11) is 0. The zero-order valence-corrected chi connectivity index (χ0v) is 13.4. The molecule has 1 fully saturated rings. The Hall–Kier alpha value is -2.42. The molecule has 0 N–H and O–H groups in total. The van der Waals surface area contributed by atoms with Crippen molar-refractivity contribution in [3.63, 3.8) is 0 Å². The van der Waals surface area contributed by atoms with Gasteiger partial charge >= 0.3 is 0 Å². The number of imide groups is 1. The molecular formula is C20H21NO2. The maximum absolute atomic E-state index is 11.8. The van der Waals surface area contributed by atoms with E-state index >= 15 is 0 Å². The smallest absolute Gasteiger partial charge is 0.229 e. The van der Waals surface area contributed by atoms with Crippen LogP contribution in [0.3, 0.4) is 0 Å². The van der Waals surface area contributed by atoms with Gasteiger partial charge in [0.15, 0.2) is 0 Å². The van der Waals surface area contributed by atoms with Crippen molar-refractivity contribution in [2.75, 3.05) is 0 Å². The summed E-state index contributed by atoms with van der Waals surface area (Å²) in [4.78, 5) is 24.9. The number of rotatable bonds is 4. The maximum atomic E-state index is 11.8. The van der Waals surface area contributed by atoms with Crippen molar-refractivity contribution in [1.29, 1.82) is 0 Å². The van der Waals surface area contributed by atoms with E-state index in [2.05, 4.69) is 48.5 Å². The molecule has 3 rings (SSSR count). The average Bonchev–Trinajstić information content (AvgIpc) is 2.96. The number of nitrogens with zero attached hydrogens (tertiary/aromatic N) is 1. The molecule has 0 bridgehead atoms. The van der Waals surface area contributed by atoms with Crippen LogP contribution in [-0.2, 0) is 22.4 Å². The zero-order chi connectivity index (χ0) is 16.2. The highest BCUT2D eigenvalue weighted by atomic mass is 16.2. The third-order valence-corrected chi connectivity index (χ3v) is 4.46. The van der Waals surface area contributed by atoms with Gasteiger partial charge in [-0.15, -0.1) is 0 Å². The van der Waals surface area contributed by atoms with E-state index in [9.17, 15) is 9.59 Å². The monoisotopic (exact) mass is 307 g/mol. The van der Waals surface area contributed by atoms with E-state index in [0.717, 1.165) is 24.8 Å². The Balaban J connectivity index is 1.67. The van der Waals surface area contributed by atoms with Crippen LogP contribution in [0, 0.1) is 0 Å². The number of hydrogen-bond donors (Lipinski definition) is 0. The number of aryl methyl sites for hydroxylation is 2. The van der Waals surface area contributed by atoms with Crippen LogP contribution in [-0.4, -0.2) is 16.7 Å². The summed E-state index contributed by atoms with van der Waals surface area (Å²) in [6.45, 7) is 1.46. The number of hydrogen-bond acceptors (Lipinski definition) is 2. The summed E-state index contributed by atoms with van der Waals surface area (Å²) in [5, 5.41) is 0. The predicted octanol–water partition coefficient (Wildman–Crippen LogP) is 3.68. The molecule has 2 aromatic carbocycles. The van der Waals surface area contributed by atoms with E-state index in [1.165, 1.54) is 23.0 Å². The summed E-state index contributed by atoms with van der Waals surface area (Å²) in [5.41, 5.74) is 3.66. The lowest BCUT2D eigenvalue weighted by Crippen LogP contribution is -2.32. The van der Waals surface area contributed by atoms with E-state index in [-0.39, 0.29) is 17.9 Å². The number of amides is 2. The van der Waals surface area contributed by atoms with E-state index in [0.29, 0.717) is 6.42 Å². The lowest BCUT2D eigenvalue weighted by molar-refractivity contribution is -0.142. The molecule has 0 aromatic heterocycles. The van der Waals surface area contributed by atoms with E-state index < -0.39 is 0 Å². The van der Waals surface area contributed by atoms with Crippen LogP contribution in [0.1, 0.15) is 42.5 Å². The molecule has 0 saturated carbocycles. The third kappa shape index (κ3) is 3.50. The molecule has 2 aromatic rings. The van der Waals surface area contributed by atoms with Gasteiger partial charge < -0.3 is 0 Å². The van der Waals surface area contributed by atoms with E-state index in [1.54, 1.807) is 0 Å². The van der Waals surface area contributed by atoms with Gasteiger partial charge in [-0.1, -0.05) is 54.6 Å². The molecule has 3 nitrogen and oxygen atoms in total. The minimum absolute atomic E-state index is 0.0596. The van der Waals surface area contributed by atoms with Crippen LogP contribution < -0.4 is 0 Å². The van der Waals surface area contributed by atoms with Crippen LogP contribution in [0.25, 0.3) is 0 Å². The molecule has 23 heavy (non-hydrogen) atoms. The van der Waals surface area contributed by atoms with Crippen molar-refractivity contribution < 1.29 is 9.59 Å². The number of carbonyl (C=O) groups is 2. The fourth-order valence-electron chi connectivity index (χ4n) is 3.23. The number of carbonyl (C=O) groups excluding carboxylic acids is 2. The van der Waals surface area contributed by atoms with Gasteiger partial charge in [0.2, 0.25) is 11.8 Å². The molecule has 0 radical (unpaired) electrons. The van der Waals surface area contributed by atoms with Crippen LogP contribution in [0.15, 0.2) is 54.6 Å². The lowest BCUT2D eigenvalue weighted by Gasteiger charge is -2.22. The highest BCUT2D eigenvalue weighted by molar-refractivity contribution is 5.96. The molecule has 1 heterocycles. The maximum Gasteiger partial charge on any atom is 0.229 e. The summed E-state index contributed by atoms with van der Waals surface area (Å²) >= 11 is 0. The number of likely N-dealkylation sites (tertiary alicyclic amines) is 1. The normalized spacial score (nSPS) is 17.5. The van der Waals surface area contributed by atoms with Crippen molar-refractivity contribution in [3.05, 3.63) is 71.3 Å². The molecule has 1 aliphatic rings. The van der Waals surface area contributed by atoms with Gasteiger partial charge in [-0.2, -0.15) is 0 Å². The van der Waals surface area contributed by atoms with E-state index in [4.69, 9.17) is 0 Å². The molecular weight excluding hydrogens is 286 g/mol. The first-order valence-electron chi connectivity index (χ1n) is 8.10. The van der Waals surface area contributed by atoms with Gasteiger partial charge in [-0.05, 0) is 36.0 Å². The molecule has 118 valence electrons. The van der Waals surface area contributed by atoms with Gasteiger partial charge in [0.05, 0.1) is 6.04 Å². The lowest BCUT2D eigenvalue weighted by atomic mass is 9.99. The van der Waals surface area contributed by atoms with Crippen molar-refractivity contribution >= 4 is 11.8 Å². The molecule has 2 amide bonds. The summed E-state index contributed by atoms with van der Waals surface area (Å²) in [5.74, 6) is -0.221. The first-order valence-corrected chi connectivity index (χ1v) is 8.10. The van der Waals surface area contributed by atoms with Gasteiger partial charge in [-0.25, -0.2) is 0 Å². The molecule has 1 aliphatic heterocycles. The number of benzene rings is 2. The quantitative estimate of drug-likeness (QED) is 0.864. The molecule has 0 aliphatic carbocycles. The topological polar surface area (TPSA) is 37.4 Å². The van der Waals surface area contributed by atoms with Crippen molar-refractivity contribution in [3.8, 4) is 0 Å². The summed E-state index contributed by atoms with van der Waals surface area (Å²) < 4.78 is 0. The van der Waals surface area contributed by atoms with Crippen LogP contribution in [0.5, 0.6) is 0 Å². The highest BCUT2D eigenvalue weighted by Crippen LogP contribution is 2.32. The Labute approximate surface area is 136 Å². The van der Waals surface area contributed by atoms with Crippen molar-refractivity contribution in [2.24, 2.45) is 0 Å². The van der Waals surface area contributed by atoms with Gasteiger partial charge in [0, 0.05) is 13.3 Å². The molecule has 1 saturated heterocycles. The van der Waals surface area contributed by atoms with E-state index in [1.807, 2.05) is 6.07 Å². The van der Waals surface area contributed by atoms with Crippen LogP contribution in [0.4, 0.5) is 0 Å². The third-order valence-electron chi connectivity index (χ3n) is 4.46. The summed E-state index contributed by atoms with van der Waals surface area (Å²) in [6, 6.07) is 18.7. The van der Waals surface area contributed by atoms with Gasteiger partial charge in [0.1, 0.15) is 0 Å². The van der Waals surface area contributed by atoms with Crippen LogP contribution in [0.2, 0.25) is 0 Å². The Morgan fingerprint density at radius 1 is 1.00 bits per heavy atom. The minimum atomic E-state index is -0.161. The average molecular weight is 307 g/mol. The Morgan fingerprint density at radius 3 is 2.22 bits per heavy atom. The van der Waals surface area contributed by atoms with Crippen molar-refractivity contribution in [1.82, 2.24) is 4.90 Å². The fourth-order valence-corrected chi connectivity index (χ4v) is 3.23. The van der Waals surface area contributed by atoms with Crippen LogP contribution >= 0.6 is 0 Å². The van der Waals surface area contributed by atoms with Gasteiger partial charge in [-0.3, -0.25) is 14.5 Å². The first kappa shape index (κ1) is 15.5. The standard InChI is InChI=1S/C20H21NO2/c1-15(22)21-19(13-14-20(21)23)18-11-9-17(10-12-18)8-7-16-5-3-2-4-6-16/h2-6,9-12,19H,7-8,13-14H2,1H3. The molecule has 3 heteroatoms. The highest BCUT2D eigenvalue weighted by Gasteiger charge is 2.34. The molecule has 0 spiro atoms. The zero-order valence-electron chi connectivity index (χ0n) is 13.4. The molecule has 1 unspecified atom stereocenters. The van der Waals surface area contributed by atoms with Crippen molar-refractivity contribution in [2.45, 2.75) is 38.6 Å². The van der Waals surface area contributed by atoms with Gasteiger partial charge in [0.25, 0.3) is 0 Å². The Kier molecular flexibility index (Phi) is 4.56.